The monoisotopic (exact) mass is 322 g/mol. The quantitative estimate of drug-likeness (QED) is 0.727. The molecule has 0 unspecified atom stereocenters. The van der Waals surface area contributed by atoms with Crippen LogP contribution in [-0.4, -0.2) is 31.1 Å². The minimum Gasteiger partial charge on any atom is -0.314 e. The fourth-order valence-corrected chi connectivity index (χ4v) is 3.71. The van der Waals surface area contributed by atoms with Crippen molar-refractivity contribution in [2.45, 2.75) is 44.7 Å². The van der Waals surface area contributed by atoms with Crippen molar-refractivity contribution in [1.82, 2.24) is 10.2 Å². The lowest BCUT2D eigenvalue weighted by molar-refractivity contribution is 0.274. The smallest absolute Gasteiger partial charge is 0.0230 e. The molecule has 0 heterocycles. The van der Waals surface area contributed by atoms with Gasteiger partial charge in [0.1, 0.15) is 0 Å². The van der Waals surface area contributed by atoms with E-state index in [4.69, 9.17) is 0 Å². The predicted octanol–water partition coefficient (Wildman–Crippen LogP) is 4.35. The van der Waals surface area contributed by atoms with Gasteiger partial charge >= 0.3 is 0 Å². The zero-order valence-electron chi connectivity index (χ0n) is 15.0. The Morgan fingerprint density at radius 1 is 1.00 bits per heavy atom. The lowest BCUT2D eigenvalue weighted by Gasteiger charge is -2.37. The Morgan fingerprint density at radius 2 is 1.71 bits per heavy atom. The molecule has 0 aromatic heterocycles. The van der Waals surface area contributed by atoms with Gasteiger partial charge in [0.25, 0.3) is 0 Å². The summed E-state index contributed by atoms with van der Waals surface area (Å²) in [6.07, 6.45) is 3.81. The molecular weight excluding hydrogens is 292 g/mol. The third-order valence-corrected chi connectivity index (χ3v) is 5.21. The number of aryl methyl sites for hydroxylation is 1. The van der Waals surface area contributed by atoms with E-state index in [1.165, 1.54) is 30.4 Å². The number of rotatable bonds is 8. The van der Waals surface area contributed by atoms with Crippen LogP contribution in [0.5, 0.6) is 0 Å². The number of nitrogens with one attached hydrogen (secondary N) is 1. The molecule has 0 saturated heterocycles. The largest absolute Gasteiger partial charge is 0.314 e. The van der Waals surface area contributed by atoms with E-state index in [9.17, 15) is 0 Å². The second-order valence-electron chi connectivity index (χ2n) is 7.25. The number of nitrogens with zero attached hydrogens (tertiary/aromatic N) is 1. The zero-order valence-corrected chi connectivity index (χ0v) is 15.0. The summed E-state index contributed by atoms with van der Waals surface area (Å²) in [5.41, 5.74) is 4.40. The normalized spacial score (nSPS) is 20.1. The molecule has 1 aliphatic rings. The van der Waals surface area contributed by atoms with Crippen LogP contribution in [0.2, 0.25) is 0 Å². The van der Waals surface area contributed by atoms with Crippen molar-refractivity contribution in [1.29, 1.82) is 0 Å². The van der Waals surface area contributed by atoms with E-state index in [0.717, 1.165) is 25.6 Å². The molecule has 2 heteroatoms. The Bertz CT molecular complexity index is 617. The first-order valence-electron chi connectivity index (χ1n) is 9.24. The highest BCUT2D eigenvalue weighted by molar-refractivity contribution is 5.31. The van der Waals surface area contributed by atoms with Crippen LogP contribution in [0, 0.1) is 6.92 Å². The molecule has 0 amide bonds. The zero-order chi connectivity index (χ0) is 16.8. The molecule has 0 atom stereocenters. The summed E-state index contributed by atoms with van der Waals surface area (Å²) in [6, 6.07) is 20.3. The van der Waals surface area contributed by atoms with Gasteiger partial charge in [-0.3, -0.25) is 0 Å². The summed E-state index contributed by atoms with van der Waals surface area (Å²) in [4.78, 5) is 2.41. The molecule has 0 aliphatic heterocycles. The van der Waals surface area contributed by atoms with Crippen molar-refractivity contribution in [2.24, 2.45) is 0 Å². The molecule has 24 heavy (non-hydrogen) atoms. The van der Waals surface area contributed by atoms with E-state index in [-0.39, 0.29) is 0 Å². The molecule has 128 valence electrons. The Kier molecular flexibility index (Phi) is 6.06. The van der Waals surface area contributed by atoms with Gasteiger partial charge in [0.05, 0.1) is 0 Å². The molecule has 1 saturated carbocycles. The van der Waals surface area contributed by atoms with E-state index in [1.807, 2.05) is 0 Å². The highest BCUT2D eigenvalue weighted by atomic mass is 15.1. The SMILES string of the molecule is Cc1ccccc1C1CC(NCCCN(C)Cc2ccccc2)C1. The standard InChI is InChI=1S/C22H30N2/c1-18-9-6-7-12-22(18)20-15-21(16-20)23-13-8-14-24(2)17-19-10-4-3-5-11-19/h3-7,9-12,20-21,23H,8,13-17H2,1-2H3. The first-order valence-corrected chi connectivity index (χ1v) is 9.24. The van der Waals surface area contributed by atoms with Crippen LogP contribution in [0.15, 0.2) is 54.6 Å². The molecule has 2 aromatic rings. The van der Waals surface area contributed by atoms with E-state index >= 15 is 0 Å². The van der Waals surface area contributed by atoms with Gasteiger partial charge in [-0.25, -0.2) is 0 Å². The summed E-state index contributed by atoms with van der Waals surface area (Å²) in [7, 11) is 2.21. The van der Waals surface area contributed by atoms with Crippen molar-refractivity contribution in [3.05, 3.63) is 71.3 Å². The maximum absolute atomic E-state index is 3.73. The van der Waals surface area contributed by atoms with Crippen LogP contribution in [0.1, 0.15) is 41.9 Å². The molecular formula is C22H30N2. The molecule has 1 N–H and O–H groups in total. The second-order valence-corrected chi connectivity index (χ2v) is 7.25. The minimum atomic E-state index is 0.717. The van der Waals surface area contributed by atoms with Crippen LogP contribution in [0.25, 0.3) is 0 Å². The van der Waals surface area contributed by atoms with Crippen LogP contribution in [0.3, 0.4) is 0 Å². The molecule has 0 spiro atoms. The lowest BCUT2D eigenvalue weighted by Crippen LogP contribution is -2.41. The van der Waals surface area contributed by atoms with Crippen molar-refractivity contribution in [3.63, 3.8) is 0 Å². The fourth-order valence-electron chi connectivity index (χ4n) is 3.71. The van der Waals surface area contributed by atoms with Crippen LogP contribution >= 0.6 is 0 Å². The number of hydrogen-bond donors (Lipinski definition) is 1. The minimum absolute atomic E-state index is 0.717. The summed E-state index contributed by atoms with van der Waals surface area (Å²) in [5, 5.41) is 3.73. The summed E-state index contributed by atoms with van der Waals surface area (Å²) in [6.45, 7) is 5.55. The molecule has 3 rings (SSSR count). The fraction of sp³-hybridized carbons (Fsp3) is 0.455. The number of hydrogen-bond acceptors (Lipinski definition) is 2. The highest BCUT2D eigenvalue weighted by Crippen LogP contribution is 2.38. The predicted molar refractivity (Wildman–Crippen MR) is 102 cm³/mol. The van der Waals surface area contributed by atoms with Gasteiger partial charge in [-0.15, -0.1) is 0 Å². The van der Waals surface area contributed by atoms with Gasteiger partial charge in [-0.05, 0) is 68.9 Å². The molecule has 0 radical (unpaired) electrons. The topological polar surface area (TPSA) is 15.3 Å². The van der Waals surface area contributed by atoms with Gasteiger partial charge < -0.3 is 10.2 Å². The van der Waals surface area contributed by atoms with Gasteiger partial charge in [0.15, 0.2) is 0 Å². The van der Waals surface area contributed by atoms with Crippen LogP contribution in [-0.2, 0) is 6.54 Å². The third-order valence-electron chi connectivity index (χ3n) is 5.21. The van der Waals surface area contributed by atoms with Crippen molar-refractivity contribution in [2.75, 3.05) is 20.1 Å². The van der Waals surface area contributed by atoms with E-state index in [2.05, 4.69) is 78.8 Å². The van der Waals surface area contributed by atoms with Crippen molar-refractivity contribution < 1.29 is 0 Å². The Balaban J connectivity index is 1.29. The highest BCUT2D eigenvalue weighted by Gasteiger charge is 2.30. The Labute approximate surface area is 146 Å². The van der Waals surface area contributed by atoms with Gasteiger partial charge in [0, 0.05) is 12.6 Å². The Hall–Kier alpha value is -1.64. The van der Waals surface area contributed by atoms with Crippen LogP contribution in [0.4, 0.5) is 0 Å². The first-order chi connectivity index (χ1) is 11.7. The molecule has 0 bridgehead atoms. The Morgan fingerprint density at radius 3 is 2.46 bits per heavy atom. The lowest BCUT2D eigenvalue weighted by atomic mass is 9.74. The molecule has 2 nitrogen and oxygen atoms in total. The molecule has 1 fully saturated rings. The average molecular weight is 322 g/mol. The summed E-state index contributed by atoms with van der Waals surface area (Å²) < 4.78 is 0. The second kappa shape index (κ2) is 8.46. The third kappa shape index (κ3) is 4.68. The van der Waals surface area contributed by atoms with Gasteiger partial charge in [-0.2, -0.15) is 0 Å². The van der Waals surface area contributed by atoms with E-state index in [0.29, 0.717) is 6.04 Å². The van der Waals surface area contributed by atoms with Crippen molar-refractivity contribution in [3.8, 4) is 0 Å². The maximum atomic E-state index is 3.73. The molecule has 2 aromatic carbocycles. The average Bonchev–Trinajstić information content (AvgIpc) is 2.55. The number of benzene rings is 2. The summed E-state index contributed by atoms with van der Waals surface area (Å²) in [5.74, 6) is 0.768. The molecule has 1 aliphatic carbocycles. The van der Waals surface area contributed by atoms with Gasteiger partial charge in [0.2, 0.25) is 0 Å². The van der Waals surface area contributed by atoms with Gasteiger partial charge in [-0.1, -0.05) is 54.6 Å². The summed E-state index contributed by atoms with van der Waals surface area (Å²) >= 11 is 0. The van der Waals surface area contributed by atoms with Crippen LogP contribution < -0.4 is 5.32 Å². The van der Waals surface area contributed by atoms with E-state index in [1.54, 1.807) is 5.56 Å². The van der Waals surface area contributed by atoms with E-state index < -0.39 is 0 Å². The first kappa shape index (κ1) is 17.2. The van der Waals surface area contributed by atoms with Crippen molar-refractivity contribution >= 4 is 0 Å². The maximum Gasteiger partial charge on any atom is 0.0230 e.